The molecule has 6 fully saturated rings. The summed E-state index contributed by atoms with van der Waals surface area (Å²) in [5.74, 6) is 0.0388. The van der Waals surface area contributed by atoms with Crippen LogP contribution in [0.2, 0.25) is 0 Å². The van der Waals surface area contributed by atoms with Gasteiger partial charge in [0.25, 0.3) is 0 Å². The van der Waals surface area contributed by atoms with Crippen LogP contribution in [-0.2, 0) is 23.8 Å². The molecule has 37 heavy (non-hydrogen) atoms. The van der Waals surface area contributed by atoms with E-state index in [0.29, 0.717) is 26.2 Å². The lowest BCUT2D eigenvalue weighted by Crippen LogP contribution is -2.61. The molecule has 0 aromatic carbocycles. The minimum Gasteiger partial charge on any atom is -0.390 e. The van der Waals surface area contributed by atoms with Crippen molar-refractivity contribution in [3.63, 3.8) is 0 Å². The summed E-state index contributed by atoms with van der Waals surface area (Å²) < 4.78 is 17.2. The van der Waals surface area contributed by atoms with Crippen LogP contribution in [0.3, 0.4) is 0 Å². The van der Waals surface area contributed by atoms with E-state index >= 15 is 0 Å². The van der Waals surface area contributed by atoms with Gasteiger partial charge >= 0.3 is 0 Å². The Morgan fingerprint density at radius 3 is 2.24 bits per heavy atom. The number of fused-ring (bicyclic) bond motifs is 3. The molecule has 2 aliphatic heterocycles. The molecule has 4 aliphatic carbocycles. The van der Waals surface area contributed by atoms with Crippen molar-refractivity contribution in [2.75, 3.05) is 26.9 Å². The van der Waals surface area contributed by atoms with Crippen LogP contribution in [-0.4, -0.2) is 73.2 Å². The topological polar surface area (TPSA) is 113 Å². The van der Waals surface area contributed by atoms with Gasteiger partial charge in [-0.25, -0.2) is 0 Å². The average Bonchev–Trinajstić information content (AvgIpc) is 3.80. The number of allylic oxidation sites excluding steroid dienone is 1. The summed E-state index contributed by atoms with van der Waals surface area (Å²) >= 11 is 0. The van der Waals surface area contributed by atoms with E-state index in [-0.39, 0.29) is 40.9 Å². The normalized spacial score (nSPS) is 43.8. The highest BCUT2D eigenvalue weighted by Gasteiger charge is 2.71. The number of carbonyl (C=O) groups is 2. The lowest BCUT2D eigenvalue weighted by Gasteiger charge is -2.52. The van der Waals surface area contributed by atoms with Crippen molar-refractivity contribution in [1.29, 1.82) is 0 Å². The first-order valence-electron chi connectivity index (χ1n) is 14.3. The van der Waals surface area contributed by atoms with E-state index < -0.39 is 17.1 Å². The van der Waals surface area contributed by atoms with Crippen LogP contribution in [0.5, 0.6) is 0 Å². The van der Waals surface area contributed by atoms with Crippen LogP contribution in [0.15, 0.2) is 11.6 Å². The average molecular weight is 519 g/mol. The van der Waals surface area contributed by atoms with Gasteiger partial charge in [0.1, 0.15) is 5.60 Å². The standard InChI is InChI=1S/C29H46N2O6/c1-19(2)6-7-21-26(3,37-21)23-22(32)20(8-9-29(23)18-36-29)31-25(34)28-13-10-27(11-14-28,12-15-28)24(33)30-16-5-17-35-4/h6,20-23,32H,5,7-18H2,1-4H3,(H,30,33)(H,31,34)/t20-,21-,22-,23-,26?,27?,28?,29+/m1/s1. The quantitative estimate of drug-likeness (QED) is 0.233. The van der Waals surface area contributed by atoms with Gasteiger partial charge in [-0.05, 0) is 85.0 Å². The first kappa shape index (κ1) is 27.1. The summed E-state index contributed by atoms with van der Waals surface area (Å²) in [5.41, 5.74) is -0.256. The van der Waals surface area contributed by atoms with Gasteiger partial charge in [0.2, 0.25) is 11.8 Å². The van der Waals surface area contributed by atoms with Gasteiger partial charge in [0.15, 0.2) is 0 Å². The number of hydrogen-bond acceptors (Lipinski definition) is 6. The van der Waals surface area contributed by atoms with Crippen LogP contribution in [0, 0.1) is 16.7 Å². The van der Waals surface area contributed by atoms with Crippen molar-refractivity contribution in [2.24, 2.45) is 16.7 Å². The Hall–Kier alpha value is -1.48. The number of ether oxygens (including phenoxy) is 3. The molecule has 6 aliphatic rings. The summed E-state index contributed by atoms with van der Waals surface area (Å²) in [6.07, 6.45) is 9.18. The molecule has 6 rings (SSSR count). The first-order chi connectivity index (χ1) is 17.6. The van der Waals surface area contributed by atoms with Gasteiger partial charge < -0.3 is 30.0 Å². The lowest BCUT2D eigenvalue weighted by molar-refractivity contribution is -0.152. The molecule has 2 saturated heterocycles. The van der Waals surface area contributed by atoms with E-state index in [2.05, 4.69) is 37.5 Å². The summed E-state index contributed by atoms with van der Waals surface area (Å²) in [5, 5.41) is 17.9. The van der Waals surface area contributed by atoms with Gasteiger partial charge in [0.05, 0.1) is 30.5 Å². The minimum atomic E-state index is -0.706. The Bertz CT molecular complexity index is 901. The Morgan fingerprint density at radius 1 is 1.05 bits per heavy atom. The first-order valence-corrected chi connectivity index (χ1v) is 14.3. The Kier molecular flexibility index (Phi) is 7.27. The van der Waals surface area contributed by atoms with Crippen molar-refractivity contribution >= 4 is 11.8 Å². The van der Waals surface area contributed by atoms with E-state index in [1.807, 2.05) is 0 Å². The third-order valence-corrected chi connectivity index (χ3v) is 10.4. The molecule has 2 amide bonds. The Balaban J connectivity index is 1.19. The highest BCUT2D eigenvalue weighted by molar-refractivity contribution is 5.87. The van der Waals surface area contributed by atoms with Crippen LogP contribution in [0.1, 0.15) is 85.0 Å². The zero-order valence-corrected chi connectivity index (χ0v) is 23.1. The van der Waals surface area contributed by atoms with Crippen molar-refractivity contribution < 1.29 is 28.9 Å². The second kappa shape index (κ2) is 9.92. The lowest BCUT2D eigenvalue weighted by atomic mass is 9.53. The zero-order chi connectivity index (χ0) is 26.5. The molecule has 2 bridgehead atoms. The van der Waals surface area contributed by atoms with Crippen molar-refractivity contribution in [3.05, 3.63) is 11.6 Å². The third kappa shape index (κ3) is 4.88. The fourth-order valence-electron chi connectivity index (χ4n) is 7.67. The van der Waals surface area contributed by atoms with E-state index in [1.165, 1.54) is 5.57 Å². The Labute approximate surface area is 221 Å². The van der Waals surface area contributed by atoms with Gasteiger partial charge in [-0.15, -0.1) is 0 Å². The maximum Gasteiger partial charge on any atom is 0.226 e. The number of methoxy groups -OCH3 is 1. The van der Waals surface area contributed by atoms with Crippen molar-refractivity contribution in [1.82, 2.24) is 10.6 Å². The molecular formula is C29H46N2O6. The van der Waals surface area contributed by atoms with Gasteiger partial charge in [-0.1, -0.05) is 11.6 Å². The minimum absolute atomic E-state index is 0.0553. The highest BCUT2D eigenvalue weighted by atomic mass is 16.6. The number of rotatable bonds is 10. The summed E-state index contributed by atoms with van der Waals surface area (Å²) in [6, 6.07) is -0.301. The number of aliphatic hydroxyl groups is 1. The van der Waals surface area contributed by atoms with Gasteiger partial charge in [0, 0.05) is 37.0 Å². The molecule has 8 nitrogen and oxygen atoms in total. The molecule has 0 radical (unpaired) electrons. The van der Waals surface area contributed by atoms with Gasteiger partial charge in [-0.3, -0.25) is 9.59 Å². The summed E-state index contributed by atoms with van der Waals surface area (Å²) in [7, 11) is 1.67. The number of carbonyl (C=O) groups excluding carboxylic acids is 2. The molecule has 2 heterocycles. The number of amides is 2. The highest BCUT2D eigenvalue weighted by Crippen LogP contribution is 2.60. The van der Waals surface area contributed by atoms with E-state index in [9.17, 15) is 14.7 Å². The largest absolute Gasteiger partial charge is 0.390 e. The van der Waals surface area contributed by atoms with E-state index in [1.54, 1.807) is 7.11 Å². The fourth-order valence-corrected chi connectivity index (χ4v) is 7.67. The molecule has 6 atom stereocenters. The molecule has 208 valence electrons. The van der Waals surface area contributed by atoms with Crippen LogP contribution >= 0.6 is 0 Å². The molecule has 8 heteroatoms. The SMILES string of the molecule is COCCCNC(=O)C12CCC(C(=O)N[C@@H]3CC[C@]4(CO4)[C@@H](C4(C)O[C@@H]4CC=C(C)C)[C@@H]3O)(CC1)CC2. The van der Waals surface area contributed by atoms with Crippen molar-refractivity contribution in [3.8, 4) is 0 Å². The Morgan fingerprint density at radius 2 is 1.68 bits per heavy atom. The van der Waals surface area contributed by atoms with Crippen LogP contribution < -0.4 is 10.6 Å². The zero-order valence-electron chi connectivity index (χ0n) is 23.1. The predicted octanol–water partition coefficient (Wildman–Crippen LogP) is 3.02. The smallest absolute Gasteiger partial charge is 0.226 e. The van der Waals surface area contributed by atoms with E-state index in [0.717, 1.165) is 57.8 Å². The maximum absolute atomic E-state index is 13.7. The molecule has 4 saturated carbocycles. The molecular weight excluding hydrogens is 472 g/mol. The molecule has 1 unspecified atom stereocenters. The molecule has 0 aromatic heterocycles. The van der Waals surface area contributed by atoms with Crippen LogP contribution in [0.4, 0.5) is 0 Å². The number of epoxide rings is 2. The summed E-state index contributed by atoms with van der Waals surface area (Å²) in [6.45, 7) is 8.19. The third-order valence-electron chi connectivity index (χ3n) is 10.4. The number of nitrogens with one attached hydrogen (secondary N) is 2. The molecule has 0 aromatic rings. The van der Waals surface area contributed by atoms with Gasteiger partial charge in [-0.2, -0.15) is 0 Å². The fraction of sp³-hybridized carbons (Fsp3) is 0.862. The molecule has 3 N–H and O–H groups in total. The monoisotopic (exact) mass is 518 g/mol. The molecule has 1 spiro atoms. The predicted molar refractivity (Wildman–Crippen MR) is 139 cm³/mol. The number of aliphatic hydroxyl groups excluding tert-OH is 1. The van der Waals surface area contributed by atoms with Crippen LogP contribution in [0.25, 0.3) is 0 Å². The second-order valence-corrected chi connectivity index (χ2v) is 12.9. The van der Waals surface area contributed by atoms with E-state index in [4.69, 9.17) is 14.2 Å². The maximum atomic E-state index is 13.7. The number of hydrogen-bond donors (Lipinski definition) is 3. The van der Waals surface area contributed by atoms with Crippen molar-refractivity contribution in [2.45, 2.75) is 114 Å². The second-order valence-electron chi connectivity index (χ2n) is 12.9. The summed E-state index contributed by atoms with van der Waals surface area (Å²) in [4.78, 5) is 26.7.